The molecule has 2 aliphatic heterocycles. The van der Waals surface area contributed by atoms with Crippen LogP contribution in [0, 0.1) is 11.8 Å². The van der Waals surface area contributed by atoms with Crippen molar-refractivity contribution in [2.75, 3.05) is 26.2 Å². The highest BCUT2D eigenvalue weighted by atomic mass is 16.2. The number of nitrogens with zero attached hydrogens (tertiary/aromatic N) is 2. The summed E-state index contributed by atoms with van der Waals surface area (Å²) in [6.45, 7) is 4.12. The lowest BCUT2D eigenvalue weighted by Crippen LogP contribution is -2.43. The summed E-state index contributed by atoms with van der Waals surface area (Å²) >= 11 is 0. The molecule has 0 spiro atoms. The van der Waals surface area contributed by atoms with Gasteiger partial charge in [-0.2, -0.15) is 0 Å². The average Bonchev–Trinajstić information content (AvgIpc) is 2.93. The molecular formula is C15H21N3O. The molecule has 102 valence electrons. The highest BCUT2D eigenvalue weighted by Gasteiger charge is 2.34. The highest BCUT2D eigenvalue weighted by molar-refractivity contribution is 5.76. The fraction of sp³-hybridized carbons (Fsp3) is 0.600. The molecule has 2 unspecified atom stereocenters. The molecule has 4 heteroatoms. The van der Waals surface area contributed by atoms with Gasteiger partial charge in [0.15, 0.2) is 0 Å². The van der Waals surface area contributed by atoms with Crippen LogP contribution in [0.25, 0.3) is 0 Å². The molecule has 2 fully saturated rings. The number of amides is 1. The molecule has 1 aromatic heterocycles. The first-order valence-corrected chi connectivity index (χ1v) is 7.20. The Morgan fingerprint density at radius 1 is 1.32 bits per heavy atom. The first kappa shape index (κ1) is 12.6. The normalized spacial score (nSPS) is 26.2. The zero-order valence-electron chi connectivity index (χ0n) is 11.2. The molecule has 4 nitrogen and oxygen atoms in total. The second-order valence-corrected chi connectivity index (χ2v) is 5.66. The predicted molar refractivity (Wildman–Crippen MR) is 73.6 cm³/mol. The molecule has 0 radical (unpaired) electrons. The minimum Gasteiger partial charge on any atom is -0.342 e. The van der Waals surface area contributed by atoms with Gasteiger partial charge < -0.3 is 10.2 Å². The summed E-state index contributed by atoms with van der Waals surface area (Å²) in [5, 5.41) is 3.44. The van der Waals surface area contributed by atoms with Crippen LogP contribution < -0.4 is 5.32 Å². The van der Waals surface area contributed by atoms with Gasteiger partial charge in [-0.05, 0) is 55.5 Å². The van der Waals surface area contributed by atoms with Gasteiger partial charge in [-0.25, -0.2) is 0 Å². The third kappa shape index (κ3) is 2.95. The Bertz CT molecular complexity index is 434. The largest absolute Gasteiger partial charge is 0.342 e. The van der Waals surface area contributed by atoms with E-state index >= 15 is 0 Å². The predicted octanol–water partition coefficient (Wildman–Crippen LogP) is 1.08. The van der Waals surface area contributed by atoms with Gasteiger partial charge in [0.05, 0.1) is 0 Å². The van der Waals surface area contributed by atoms with Crippen LogP contribution in [0.5, 0.6) is 0 Å². The second kappa shape index (κ2) is 5.70. The number of aromatic nitrogens is 1. The highest BCUT2D eigenvalue weighted by Crippen LogP contribution is 2.26. The molecule has 19 heavy (non-hydrogen) atoms. The van der Waals surface area contributed by atoms with E-state index in [1.54, 1.807) is 12.4 Å². The van der Waals surface area contributed by atoms with E-state index < -0.39 is 0 Å². The van der Waals surface area contributed by atoms with Gasteiger partial charge in [0.2, 0.25) is 5.91 Å². The molecule has 0 bridgehead atoms. The van der Waals surface area contributed by atoms with Crippen LogP contribution in [0.4, 0.5) is 0 Å². The van der Waals surface area contributed by atoms with Gasteiger partial charge in [-0.15, -0.1) is 0 Å². The molecule has 3 rings (SSSR count). The Hall–Kier alpha value is -1.42. The summed E-state index contributed by atoms with van der Waals surface area (Å²) in [7, 11) is 0. The van der Waals surface area contributed by atoms with E-state index in [0.29, 0.717) is 18.2 Å². The monoisotopic (exact) mass is 259 g/mol. The summed E-state index contributed by atoms with van der Waals surface area (Å²) in [6.07, 6.45) is 6.18. The van der Waals surface area contributed by atoms with Gasteiger partial charge in [-0.3, -0.25) is 9.78 Å². The number of hydrogen-bond donors (Lipinski definition) is 1. The van der Waals surface area contributed by atoms with Crippen LogP contribution in [0.2, 0.25) is 0 Å². The average molecular weight is 259 g/mol. The third-order valence-electron chi connectivity index (χ3n) is 4.43. The van der Waals surface area contributed by atoms with Crippen LogP contribution in [0.3, 0.4) is 0 Å². The number of aryl methyl sites for hydroxylation is 1. The van der Waals surface area contributed by atoms with Crippen molar-refractivity contribution in [1.82, 2.24) is 15.2 Å². The molecule has 2 saturated heterocycles. The molecule has 0 aromatic carbocycles. The Morgan fingerprint density at radius 3 is 2.95 bits per heavy atom. The number of nitrogens with one attached hydrogen (secondary N) is 1. The molecule has 1 aromatic rings. The lowest BCUT2D eigenvalue weighted by Gasteiger charge is -2.34. The zero-order valence-corrected chi connectivity index (χ0v) is 11.2. The van der Waals surface area contributed by atoms with E-state index in [-0.39, 0.29) is 0 Å². The van der Waals surface area contributed by atoms with E-state index in [2.05, 4.69) is 15.2 Å². The molecule has 1 amide bonds. The molecule has 1 N–H and O–H groups in total. The van der Waals surface area contributed by atoms with Crippen molar-refractivity contribution in [1.29, 1.82) is 0 Å². The van der Waals surface area contributed by atoms with Crippen molar-refractivity contribution in [3.05, 3.63) is 30.1 Å². The van der Waals surface area contributed by atoms with Gasteiger partial charge in [0.1, 0.15) is 0 Å². The van der Waals surface area contributed by atoms with Gasteiger partial charge >= 0.3 is 0 Å². The Morgan fingerprint density at radius 2 is 2.11 bits per heavy atom. The second-order valence-electron chi connectivity index (χ2n) is 5.66. The third-order valence-corrected chi connectivity index (χ3v) is 4.43. The minimum absolute atomic E-state index is 0.308. The molecule has 0 aliphatic carbocycles. The first-order chi connectivity index (χ1) is 9.33. The number of carbonyl (C=O) groups is 1. The van der Waals surface area contributed by atoms with Gasteiger partial charge in [0, 0.05) is 31.9 Å². The van der Waals surface area contributed by atoms with E-state index in [0.717, 1.165) is 38.5 Å². The van der Waals surface area contributed by atoms with Crippen LogP contribution in [-0.4, -0.2) is 42.0 Å². The maximum absolute atomic E-state index is 12.2. The number of piperidine rings is 1. The zero-order chi connectivity index (χ0) is 13.1. The van der Waals surface area contributed by atoms with E-state index in [1.807, 2.05) is 12.1 Å². The topological polar surface area (TPSA) is 45.2 Å². The Labute approximate surface area is 114 Å². The molecular weight excluding hydrogens is 238 g/mol. The van der Waals surface area contributed by atoms with Crippen molar-refractivity contribution in [3.63, 3.8) is 0 Å². The Kier molecular flexibility index (Phi) is 3.78. The quantitative estimate of drug-likeness (QED) is 0.883. The van der Waals surface area contributed by atoms with Crippen LogP contribution in [0.15, 0.2) is 24.5 Å². The van der Waals surface area contributed by atoms with Gasteiger partial charge in [0.25, 0.3) is 0 Å². The lowest BCUT2D eigenvalue weighted by molar-refractivity contribution is -0.133. The summed E-state index contributed by atoms with van der Waals surface area (Å²) in [5.41, 5.74) is 1.20. The van der Waals surface area contributed by atoms with Crippen LogP contribution in [0.1, 0.15) is 18.4 Å². The number of pyridine rings is 1. The number of fused-ring (bicyclic) bond motifs is 1. The smallest absolute Gasteiger partial charge is 0.222 e. The number of hydrogen-bond acceptors (Lipinski definition) is 3. The summed E-state index contributed by atoms with van der Waals surface area (Å²) < 4.78 is 0. The lowest BCUT2D eigenvalue weighted by atomic mass is 9.88. The molecule has 3 heterocycles. The van der Waals surface area contributed by atoms with Crippen LogP contribution in [-0.2, 0) is 11.2 Å². The number of carbonyl (C=O) groups excluding carboxylic acids is 1. The van der Waals surface area contributed by atoms with E-state index in [4.69, 9.17) is 0 Å². The van der Waals surface area contributed by atoms with E-state index in [9.17, 15) is 4.79 Å². The van der Waals surface area contributed by atoms with Crippen LogP contribution >= 0.6 is 0 Å². The molecule has 2 atom stereocenters. The van der Waals surface area contributed by atoms with Crippen molar-refractivity contribution in [2.45, 2.75) is 19.3 Å². The number of likely N-dealkylation sites (tertiary alicyclic amines) is 1. The fourth-order valence-corrected chi connectivity index (χ4v) is 3.22. The number of rotatable bonds is 3. The Balaban J connectivity index is 1.50. The van der Waals surface area contributed by atoms with Crippen molar-refractivity contribution < 1.29 is 4.79 Å². The minimum atomic E-state index is 0.308. The van der Waals surface area contributed by atoms with Crippen molar-refractivity contribution in [2.24, 2.45) is 11.8 Å². The fourth-order valence-electron chi connectivity index (χ4n) is 3.22. The summed E-state index contributed by atoms with van der Waals surface area (Å²) in [4.78, 5) is 18.3. The summed E-state index contributed by atoms with van der Waals surface area (Å²) in [5.74, 6) is 1.78. The van der Waals surface area contributed by atoms with Gasteiger partial charge in [-0.1, -0.05) is 0 Å². The summed E-state index contributed by atoms with van der Waals surface area (Å²) in [6, 6.07) is 3.97. The maximum Gasteiger partial charge on any atom is 0.222 e. The molecule has 2 aliphatic rings. The standard InChI is InChI=1S/C15H21N3O/c19-15(2-1-12-3-6-16-7-4-12)18-8-5-13-9-17-10-14(13)11-18/h3-4,6-7,13-14,17H,1-2,5,8-11H2. The molecule has 0 saturated carbocycles. The maximum atomic E-state index is 12.2. The van der Waals surface area contributed by atoms with Crippen molar-refractivity contribution >= 4 is 5.91 Å². The van der Waals surface area contributed by atoms with E-state index in [1.165, 1.54) is 12.0 Å². The SMILES string of the molecule is O=C(CCc1ccncc1)N1CCC2CNCC2C1. The van der Waals surface area contributed by atoms with Crippen molar-refractivity contribution in [3.8, 4) is 0 Å². The first-order valence-electron chi connectivity index (χ1n) is 7.20.